The fraction of sp³-hybridized carbons (Fsp3) is 0.476. The molecule has 0 radical (unpaired) electrons. The maximum absolute atomic E-state index is 13.4. The van der Waals surface area contributed by atoms with E-state index in [2.05, 4.69) is 51.9 Å². The molecule has 2 aliphatic heterocycles. The first-order valence-electron chi connectivity index (χ1n) is 9.46. The van der Waals surface area contributed by atoms with Crippen LogP contribution in [0.25, 0.3) is 0 Å². The maximum Gasteiger partial charge on any atom is 0.244 e. The number of aryl methyl sites for hydroxylation is 1. The van der Waals surface area contributed by atoms with Crippen molar-refractivity contribution in [1.29, 1.82) is 0 Å². The lowest BCUT2D eigenvalue weighted by Crippen LogP contribution is -2.42. The zero-order valence-electron chi connectivity index (χ0n) is 15.0. The molecule has 3 heterocycles. The van der Waals surface area contributed by atoms with Gasteiger partial charge in [-0.1, -0.05) is 30.3 Å². The fourth-order valence-electron chi connectivity index (χ4n) is 4.46. The largest absolute Gasteiger partial charge is 0.353 e. The van der Waals surface area contributed by atoms with Crippen LogP contribution in [0.15, 0.2) is 48.7 Å². The molecule has 2 unspecified atom stereocenters. The van der Waals surface area contributed by atoms with Crippen LogP contribution in [-0.2, 0) is 11.8 Å². The van der Waals surface area contributed by atoms with Gasteiger partial charge in [-0.15, -0.1) is 0 Å². The summed E-state index contributed by atoms with van der Waals surface area (Å²) < 4.78 is 2.20. The molecule has 4 rings (SSSR count). The predicted octanol–water partition coefficient (Wildman–Crippen LogP) is 3.53. The molecule has 2 atom stereocenters. The number of carbonyl (C=O) groups excluding carboxylic acids is 1. The third-order valence-electron chi connectivity index (χ3n) is 5.72. The molecular formula is C21H27N3O. The van der Waals surface area contributed by atoms with Crippen molar-refractivity contribution in [3.63, 3.8) is 0 Å². The molecule has 0 N–H and O–H groups in total. The van der Waals surface area contributed by atoms with Gasteiger partial charge < -0.3 is 9.47 Å². The molecule has 0 spiro atoms. The first-order chi connectivity index (χ1) is 12.3. The molecule has 2 aliphatic rings. The summed E-state index contributed by atoms with van der Waals surface area (Å²) in [5.41, 5.74) is 2.44. The second-order valence-electron chi connectivity index (χ2n) is 7.29. The predicted molar refractivity (Wildman–Crippen MR) is 99.1 cm³/mol. The molecule has 1 amide bonds. The van der Waals surface area contributed by atoms with Crippen LogP contribution in [0.2, 0.25) is 0 Å². The average molecular weight is 337 g/mol. The van der Waals surface area contributed by atoms with Gasteiger partial charge in [-0.25, -0.2) is 0 Å². The highest BCUT2D eigenvalue weighted by molar-refractivity contribution is 5.83. The molecular weight excluding hydrogens is 310 g/mol. The minimum Gasteiger partial charge on any atom is -0.353 e. The number of hydrogen-bond acceptors (Lipinski definition) is 2. The lowest BCUT2D eigenvalue weighted by Gasteiger charge is -2.35. The molecule has 4 nitrogen and oxygen atoms in total. The molecule has 2 fully saturated rings. The Kier molecular flexibility index (Phi) is 4.62. The van der Waals surface area contributed by atoms with Crippen molar-refractivity contribution in [3.8, 4) is 0 Å². The minimum atomic E-state index is -0.165. The molecule has 1 aromatic heterocycles. The summed E-state index contributed by atoms with van der Waals surface area (Å²) in [4.78, 5) is 17.9. The SMILES string of the molecule is Cn1cccc1C1CCCN1C(C(=O)N1CCCC1)c1ccccc1. The van der Waals surface area contributed by atoms with Crippen LogP contribution in [-0.4, -0.2) is 39.9 Å². The monoisotopic (exact) mass is 337 g/mol. The number of carbonyl (C=O) groups is 1. The van der Waals surface area contributed by atoms with Crippen LogP contribution in [0.3, 0.4) is 0 Å². The van der Waals surface area contributed by atoms with E-state index < -0.39 is 0 Å². The summed E-state index contributed by atoms with van der Waals surface area (Å²) in [5, 5.41) is 0. The summed E-state index contributed by atoms with van der Waals surface area (Å²) in [6.45, 7) is 2.80. The summed E-state index contributed by atoms with van der Waals surface area (Å²) >= 11 is 0. The van der Waals surface area contributed by atoms with Crippen molar-refractivity contribution >= 4 is 5.91 Å². The Morgan fingerprint density at radius 3 is 2.44 bits per heavy atom. The van der Waals surface area contributed by atoms with Crippen molar-refractivity contribution < 1.29 is 4.79 Å². The van der Waals surface area contributed by atoms with Crippen molar-refractivity contribution in [2.75, 3.05) is 19.6 Å². The average Bonchev–Trinajstić information content (AvgIpc) is 3.37. The Morgan fingerprint density at radius 2 is 1.76 bits per heavy atom. The van der Waals surface area contributed by atoms with Gasteiger partial charge in [-0.05, 0) is 49.9 Å². The quantitative estimate of drug-likeness (QED) is 0.854. The summed E-state index contributed by atoms with van der Waals surface area (Å²) in [7, 11) is 2.10. The van der Waals surface area contributed by atoms with Gasteiger partial charge in [0.15, 0.2) is 0 Å². The Balaban J connectivity index is 1.69. The van der Waals surface area contributed by atoms with Crippen molar-refractivity contribution in [2.24, 2.45) is 7.05 Å². The number of hydrogen-bond donors (Lipinski definition) is 0. The van der Waals surface area contributed by atoms with Crippen molar-refractivity contribution in [2.45, 2.75) is 37.8 Å². The van der Waals surface area contributed by atoms with E-state index in [1.165, 1.54) is 5.69 Å². The molecule has 0 bridgehead atoms. The first-order valence-corrected chi connectivity index (χ1v) is 9.46. The first kappa shape index (κ1) is 16.4. The standard InChI is InChI=1S/C21H27N3O/c1-22-13-7-11-18(22)19-12-8-16-24(19)20(17-9-3-2-4-10-17)21(25)23-14-5-6-15-23/h2-4,7,9-11,13,19-20H,5-6,8,12,14-16H2,1H3. The normalized spacial score (nSPS) is 22.4. The molecule has 2 saturated heterocycles. The maximum atomic E-state index is 13.4. The smallest absolute Gasteiger partial charge is 0.244 e. The number of nitrogens with zero attached hydrogens (tertiary/aromatic N) is 3. The van der Waals surface area contributed by atoms with E-state index in [0.29, 0.717) is 6.04 Å². The molecule has 4 heteroatoms. The molecule has 0 aliphatic carbocycles. The number of benzene rings is 1. The van der Waals surface area contributed by atoms with Crippen LogP contribution < -0.4 is 0 Å². The summed E-state index contributed by atoms with van der Waals surface area (Å²) in [5.74, 6) is 0.282. The third-order valence-corrected chi connectivity index (χ3v) is 5.72. The van der Waals surface area contributed by atoms with Gasteiger partial charge >= 0.3 is 0 Å². The van der Waals surface area contributed by atoms with Gasteiger partial charge in [-0.3, -0.25) is 9.69 Å². The van der Waals surface area contributed by atoms with Crippen molar-refractivity contribution in [3.05, 3.63) is 59.9 Å². The molecule has 2 aromatic rings. The number of likely N-dealkylation sites (tertiary alicyclic amines) is 2. The third kappa shape index (κ3) is 3.11. The highest BCUT2D eigenvalue weighted by atomic mass is 16.2. The minimum absolute atomic E-state index is 0.165. The van der Waals surface area contributed by atoms with E-state index >= 15 is 0 Å². The lowest BCUT2D eigenvalue weighted by atomic mass is 10.0. The van der Waals surface area contributed by atoms with E-state index in [9.17, 15) is 4.79 Å². The second-order valence-corrected chi connectivity index (χ2v) is 7.29. The topological polar surface area (TPSA) is 28.5 Å². The van der Waals surface area contributed by atoms with Crippen LogP contribution >= 0.6 is 0 Å². The highest BCUT2D eigenvalue weighted by Gasteiger charge is 2.39. The van der Waals surface area contributed by atoms with Gasteiger partial charge in [0.25, 0.3) is 0 Å². The van der Waals surface area contributed by atoms with Gasteiger partial charge in [0.2, 0.25) is 5.91 Å². The van der Waals surface area contributed by atoms with Gasteiger partial charge in [0.1, 0.15) is 6.04 Å². The summed E-state index contributed by atoms with van der Waals surface area (Å²) in [6, 6.07) is 14.8. The van der Waals surface area contributed by atoms with Crippen LogP contribution in [0.1, 0.15) is 49.0 Å². The number of aromatic nitrogens is 1. The Hall–Kier alpha value is -2.07. The van der Waals surface area contributed by atoms with Crippen LogP contribution in [0, 0.1) is 0 Å². The van der Waals surface area contributed by atoms with Crippen LogP contribution in [0.5, 0.6) is 0 Å². The number of rotatable bonds is 4. The Morgan fingerprint density at radius 1 is 1.00 bits per heavy atom. The van der Waals surface area contributed by atoms with Crippen molar-refractivity contribution in [1.82, 2.24) is 14.4 Å². The van der Waals surface area contributed by atoms with E-state index in [1.54, 1.807) is 0 Å². The van der Waals surface area contributed by atoms with E-state index in [-0.39, 0.29) is 11.9 Å². The zero-order valence-corrected chi connectivity index (χ0v) is 15.0. The fourth-order valence-corrected chi connectivity index (χ4v) is 4.46. The van der Waals surface area contributed by atoms with Gasteiger partial charge in [0, 0.05) is 32.0 Å². The summed E-state index contributed by atoms with van der Waals surface area (Å²) in [6.07, 6.45) is 6.63. The van der Waals surface area contributed by atoms with Gasteiger partial charge in [0.05, 0.1) is 6.04 Å². The molecule has 1 aromatic carbocycles. The van der Waals surface area contributed by atoms with Gasteiger partial charge in [-0.2, -0.15) is 0 Å². The lowest BCUT2D eigenvalue weighted by molar-refractivity contribution is -0.136. The number of amides is 1. The Labute approximate surface area is 150 Å². The molecule has 25 heavy (non-hydrogen) atoms. The van der Waals surface area contributed by atoms with E-state index in [0.717, 1.165) is 50.9 Å². The van der Waals surface area contributed by atoms with E-state index in [4.69, 9.17) is 0 Å². The zero-order chi connectivity index (χ0) is 17.2. The molecule has 132 valence electrons. The van der Waals surface area contributed by atoms with E-state index in [1.807, 2.05) is 18.2 Å². The van der Waals surface area contributed by atoms with Crippen LogP contribution in [0.4, 0.5) is 0 Å². The molecule has 0 saturated carbocycles. The second kappa shape index (κ2) is 7.04. The Bertz CT molecular complexity index is 718. The highest BCUT2D eigenvalue weighted by Crippen LogP contribution is 2.39.